The van der Waals surface area contributed by atoms with Crippen molar-refractivity contribution >= 4 is 23.6 Å². The molecule has 1 aromatic heterocycles. The number of nitrogens with one attached hydrogen (secondary N) is 1. The van der Waals surface area contributed by atoms with E-state index in [1.54, 1.807) is 24.3 Å². The number of benzene rings is 2. The number of ether oxygens (including phenoxy) is 1. The average molecular weight is 366 g/mol. The average Bonchev–Trinajstić information content (AvgIpc) is 3.15. The van der Waals surface area contributed by atoms with Crippen molar-refractivity contribution < 1.29 is 18.7 Å². The first kappa shape index (κ1) is 18.1. The van der Waals surface area contributed by atoms with Gasteiger partial charge in [0, 0.05) is 25.3 Å². The number of carbonyl (C=O) groups excluding carboxylic acids is 2. The van der Waals surface area contributed by atoms with Gasteiger partial charge in [-0.3, -0.25) is 10.1 Å². The Labute approximate surface area is 155 Å². The van der Waals surface area contributed by atoms with Gasteiger partial charge in [0.15, 0.2) is 6.61 Å². The third kappa shape index (κ3) is 4.69. The van der Waals surface area contributed by atoms with Crippen molar-refractivity contribution in [2.75, 3.05) is 30.9 Å². The minimum absolute atomic E-state index is 0.0646. The van der Waals surface area contributed by atoms with Crippen LogP contribution in [-0.4, -0.2) is 42.8 Å². The highest BCUT2D eigenvalue weighted by molar-refractivity contribution is 5.94. The summed E-state index contributed by atoms with van der Waals surface area (Å²) in [6.45, 7) is -0.461. The SMILES string of the molecule is CN(C)c1ccc(C(=O)OCC(=O)Nc2nnc(-c3ccccc3)o2)cc1. The summed E-state index contributed by atoms with van der Waals surface area (Å²) in [7, 11) is 3.80. The van der Waals surface area contributed by atoms with E-state index in [1.807, 2.05) is 49.3 Å². The Morgan fingerprint density at radius 2 is 1.74 bits per heavy atom. The molecule has 2 aromatic carbocycles. The summed E-state index contributed by atoms with van der Waals surface area (Å²) in [6.07, 6.45) is 0. The van der Waals surface area contributed by atoms with Crippen LogP contribution in [0.2, 0.25) is 0 Å². The van der Waals surface area contributed by atoms with Gasteiger partial charge in [0.25, 0.3) is 5.91 Å². The van der Waals surface area contributed by atoms with Gasteiger partial charge in [0.1, 0.15) is 0 Å². The molecule has 0 atom stereocenters. The molecule has 0 aliphatic rings. The summed E-state index contributed by atoms with van der Waals surface area (Å²) in [6, 6.07) is 15.9. The molecule has 8 heteroatoms. The zero-order valence-corrected chi connectivity index (χ0v) is 14.9. The van der Waals surface area contributed by atoms with Crippen LogP contribution in [0.1, 0.15) is 10.4 Å². The van der Waals surface area contributed by atoms with Crippen molar-refractivity contribution in [2.24, 2.45) is 0 Å². The molecule has 0 unspecified atom stereocenters. The molecule has 0 aliphatic carbocycles. The maximum absolute atomic E-state index is 12.0. The Kier molecular flexibility index (Phi) is 5.46. The summed E-state index contributed by atoms with van der Waals surface area (Å²) < 4.78 is 10.4. The Hall–Kier alpha value is -3.68. The minimum Gasteiger partial charge on any atom is -0.452 e. The minimum atomic E-state index is -0.592. The Morgan fingerprint density at radius 1 is 1.04 bits per heavy atom. The fourth-order valence-corrected chi connectivity index (χ4v) is 2.24. The van der Waals surface area contributed by atoms with Crippen LogP contribution >= 0.6 is 0 Å². The summed E-state index contributed by atoms with van der Waals surface area (Å²) >= 11 is 0. The molecule has 1 N–H and O–H groups in total. The lowest BCUT2D eigenvalue weighted by Crippen LogP contribution is -2.21. The Morgan fingerprint density at radius 3 is 2.41 bits per heavy atom. The Bertz CT molecular complexity index is 920. The van der Waals surface area contributed by atoms with E-state index in [4.69, 9.17) is 9.15 Å². The number of esters is 1. The molecule has 3 aromatic rings. The number of aromatic nitrogens is 2. The highest BCUT2D eigenvalue weighted by Crippen LogP contribution is 2.19. The third-order valence-corrected chi connectivity index (χ3v) is 3.65. The van der Waals surface area contributed by atoms with Crippen molar-refractivity contribution in [3.05, 3.63) is 60.2 Å². The van der Waals surface area contributed by atoms with E-state index in [1.165, 1.54) is 0 Å². The summed E-state index contributed by atoms with van der Waals surface area (Å²) in [5.74, 6) is -0.883. The van der Waals surface area contributed by atoms with E-state index >= 15 is 0 Å². The maximum Gasteiger partial charge on any atom is 0.338 e. The number of hydrogen-bond acceptors (Lipinski definition) is 7. The second-order valence-corrected chi connectivity index (χ2v) is 5.84. The molecular weight excluding hydrogens is 348 g/mol. The predicted molar refractivity (Wildman–Crippen MR) is 99.4 cm³/mol. The number of anilines is 2. The summed E-state index contributed by atoms with van der Waals surface area (Å²) in [4.78, 5) is 25.8. The van der Waals surface area contributed by atoms with Gasteiger partial charge in [-0.1, -0.05) is 23.3 Å². The van der Waals surface area contributed by atoms with Crippen LogP contribution in [0.15, 0.2) is 59.0 Å². The number of rotatable bonds is 6. The highest BCUT2D eigenvalue weighted by Gasteiger charge is 2.14. The molecule has 0 bridgehead atoms. The predicted octanol–water partition coefficient (Wildman–Crippen LogP) is 2.60. The number of amides is 1. The lowest BCUT2D eigenvalue weighted by atomic mass is 10.2. The van der Waals surface area contributed by atoms with Crippen molar-refractivity contribution in [2.45, 2.75) is 0 Å². The fourth-order valence-electron chi connectivity index (χ4n) is 2.24. The molecule has 0 saturated heterocycles. The first-order chi connectivity index (χ1) is 13.0. The van der Waals surface area contributed by atoms with Gasteiger partial charge >= 0.3 is 12.0 Å². The second-order valence-electron chi connectivity index (χ2n) is 5.84. The molecule has 3 rings (SSSR count). The van der Waals surface area contributed by atoms with E-state index in [-0.39, 0.29) is 11.9 Å². The van der Waals surface area contributed by atoms with E-state index in [0.717, 1.165) is 11.3 Å². The van der Waals surface area contributed by atoms with Gasteiger partial charge in [-0.05, 0) is 36.4 Å². The van der Waals surface area contributed by atoms with Crippen LogP contribution in [0.4, 0.5) is 11.7 Å². The first-order valence-electron chi connectivity index (χ1n) is 8.16. The van der Waals surface area contributed by atoms with Crippen molar-refractivity contribution in [3.8, 4) is 11.5 Å². The number of hydrogen-bond donors (Lipinski definition) is 1. The van der Waals surface area contributed by atoms with E-state index < -0.39 is 18.5 Å². The van der Waals surface area contributed by atoms with Gasteiger partial charge in [0.05, 0.1) is 5.56 Å². The van der Waals surface area contributed by atoms with Crippen LogP contribution in [0.25, 0.3) is 11.5 Å². The standard InChI is InChI=1S/C19H18N4O4/c1-23(2)15-10-8-14(9-11-15)18(25)26-12-16(24)20-19-22-21-17(27-19)13-6-4-3-5-7-13/h3-11H,12H2,1-2H3,(H,20,22,24). The number of carbonyl (C=O) groups is 2. The topological polar surface area (TPSA) is 97.6 Å². The van der Waals surface area contributed by atoms with Gasteiger partial charge < -0.3 is 14.1 Å². The fraction of sp³-hybridized carbons (Fsp3) is 0.158. The molecule has 0 saturated carbocycles. The zero-order valence-electron chi connectivity index (χ0n) is 14.9. The summed E-state index contributed by atoms with van der Waals surface area (Å²) in [5, 5.41) is 10.0. The molecule has 1 heterocycles. The summed E-state index contributed by atoms with van der Waals surface area (Å²) in [5.41, 5.74) is 2.05. The van der Waals surface area contributed by atoms with E-state index in [2.05, 4.69) is 15.5 Å². The highest BCUT2D eigenvalue weighted by atomic mass is 16.5. The molecule has 0 spiro atoms. The molecule has 0 fully saturated rings. The molecule has 8 nitrogen and oxygen atoms in total. The van der Waals surface area contributed by atoms with Crippen LogP contribution < -0.4 is 10.2 Å². The van der Waals surface area contributed by atoms with Crippen LogP contribution in [0, 0.1) is 0 Å². The number of nitrogens with zero attached hydrogens (tertiary/aromatic N) is 3. The smallest absolute Gasteiger partial charge is 0.338 e. The molecule has 27 heavy (non-hydrogen) atoms. The van der Waals surface area contributed by atoms with E-state index in [0.29, 0.717) is 5.56 Å². The van der Waals surface area contributed by atoms with Crippen molar-refractivity contribution in [3.63, 3.8) is 0 Å². The van der Waals surface area contributed by atoms with Gasteiger partial charge in [-0.2, -0.15) is 0 Å². The molecule has 0 aliphatic heterocycles. The third-order valence-electron chi connectivity index (χ3n) is 3.65. The zero-order chi connectivity index (χ0) is 19.2. The first-order valence-corrected chi connectivity index (χ1v) is 8.16. The van der Waals surface area contributed by atoms with Crippen LogP contribution in [0.3, 0.4) is 0 Å². The molecular formula is C19H18N4O4. The van der Waals surface area contributed by atoms with E-state index in [9.17, 15) is 9.59 Å². The van der Waals surface area contributed by atoms with Gasteiger partial charge in [0.2, 0.25) is 5.89 Å². The molecule has 138 valence electrons. The second kappa shape index (κ2) is 8.13. The van der Waals surface area contributed by atoms with Crippen LogP contribution in [0.5, 0.6) is 0 Å². The van der Waals surface area contributed by atoms with Crippen molar-refractivity contribution in [1.29, 1.82) is 0 Å². The molecule has 0 radical (unpaired) electrons. The van der Waals surface area contributed by atoms with Crippen LogP contribution in [-0.2, 0) is 9.53 Å². The quantitative estimate of drug-likeness (QED) is 0.670. The van der Waals surface area contributed by atoms with Gasteiger partial charge in [-0.15, -0.1) is 5.10 Å². The Balaban J connectivity index is 1.52. The largest absolute Gasteiger partial charge is 0.452 e. The normalized spacial score (nSPS) is 10.3. The molecule has 1 amide bonds. The monoisotopic (exact) mass is 366 g/mol. The lowest BCUT2D eigenvalue weighted by molar-refractivity contribution is -0.119. The maximum atomic E-state index is 12.0. The van der Waals surface area contributed by atoms with Gasteiger partial charge in [-0.25, -0.2) is 4.79 Å². The lowest BCUT2D eigenvalue weighted by Gasteiger charge is -2.12. The van der Waals surface area contributed by atoms with Crippen molar-refractivity contribution in [1.82, 2.24) is 10.2 Å².